The number of nitrogens with one attached hydrogen (secondary N) is 1. The maximum absolute atomic E-state index is 10.8. The topological polar surface area (TPSA) is 58.6 Å². The second-order valence-electron chi connectivity index (χ2n) is 4.63. The van der Waals surface area contributed by atoms with E-state index in [-0.39, 0.29) is 0 Å². The van der Waals surface area contributed by atoms with Crippen LogP contribution in [0.3, 0.4) is 0 Å². The van der Waals surface area contributed by atoms with Gasteiger partial charge in [-0.15, -0.1) is 0 Å². The summed E-state index contributed by atoms with van der Waals surface area (Å²) in [5.41, 5.74) is 1.35. The third-order valence-corrected chi connectivity index (χ3v) is 3.27. The highest BCUT2D eigenvalue weighted by Gasteiger charge is 2.28. The number of carboxylic acid groups (broad SMARTS) is 1. The van der Waals surface area contributed by atoms with Crippen LogP contribution in [0.15, 0.2) is 24.3 Å². The predicted molar refractivity (Wildman–Crippen MR) is 68.7 cm³/mol. The molecule has 4 nitrogen and oxygen atoms in total. The molecule has 0 atom stereocenters. The molecule has 0 amide bonds. The minimum Gasteiger partial charge on any atom is -0.478 e. The molecule has 2 N–H and O–H groups in total. The summed E-state index contributed by atoms with van der Waals surface area (Å²) in [4.78, 5) is 10.8. The summed E-state index contributed by atoms with van der Waals surface area (Å²) < 4.78 is 5.49. The molecule has 0 aromatic heterocycles. The van der Waals surface area contributed by atoms with E-state index in [4.69, 9.17) is 9.84 Å². The Morgan fingerprint density at radius 2 is 2.28 bits per heavy atom. The van der Waals surface area contributed by atoms with Gasteiger partial charge < -0.3 is 15.2 Å². The molecular weight excluding hydrogens is 230 g/mol. The second-order valence-corrected chi connectivity index (χ2v) is 4.63. The van der Waals surface area contributed by atoms with Crippen LogP contribution in [0, 0.1) is 0 Å². The van der Waals surface area contributed by atoms with Gasteiger partial charge in [0.05, 0.1) is 11.7 Å². The monoisotopic (exact) mass is 249 g/mol. The first-order valence-corrected chi connectivity index (χ1v) is 6.36. The zero-order valence-corrected chi connectivity index (χ0v) is 10.6. The molecule has 0 heterocycles. The molecule has 0 unspecified atom stereocenters. The maximum Gasteiger partial charge on any atom is 0.335 e. The van der Waals surface area contributed by atoms with Gasteiger partial charge in [-0.25, -0.2) is 4.79 Å². The van der Waals surface area contributed by atoms with Crippen LogP contribution in [0.25, 0.3) is 0 Å². The van der Waals surface area contributed by atoms with Crippen LogP contribution >= 0.6 is 0 Å². The van der Waals surface area contributed by atoms with Gasteiger partial charge in [-0.05, 0) is 37.5 Å². The number of carboxylic acids is 1. The number of aromatic carboxylic acids is 1. The van der Waals surface area contributed by atoms with E-state index < -0.39 is 5.97 Å². The van der Waals surface area contributed by atoms with E-state index in [0.29, 0.717) is 24.3 Å². The standard InChI is InChI=1S/C14H19NO3/c1-2-18-13-7-12(8-13)15-9-10-4-3-5-11(6-10)14(16)17/h3-6,12-13,15H,2,7-9H2,1H3,(H,16,17). The minimum absolute atomic E-state index is 0.343. The summed E-state index contributed by atoms with van der Waals surface area (Å²) in [5.74, 6) is -0.878. The lowest BCUT2D eigenvalue weighted by atomic mass is 9.89. The summed E-state index contributed by atoms with van der Waals surface area (Å²) in [7, 11) is 0. The molecule has 0 spiro atoms. The van der Waals surface area contributed by atoms with Crippen molar-refractivity contribution in [2.24, 2.45) is 0 Å². The van der Waals surface area contributed by atoms with Crippen molar-refractivity contribution in [3.05, 3.63) is 35.4 Å². The van der Waals surface area contributed by atoms with Crippen LogP contribution in [0.5, 0.6) is 0 Å². The van der Waals surface area contributed by atoms with Gasteiger partial charge >= 0.3 is 5.97 Å². The molecule has 1 saturated carbocycles. The molecule has 1 aromatic carbocycles. The Labute approximate surface area is 107 Å². The minimum atomic E-state index is -0.878. The molecule has 0 radical (unpaired) electrons. The Bertz CT molecular complexity index is 413. The zero-order valence-electron chi connectivity index (χ0n) is 10.6. The predicted octanol–water partition coefficient (Wildman–Crippen LogP) is 2.04. The summed E-state index contributed by atoms with van der Waals surface area (Å²) >= 11 is 0. The van der Waals surface area contributed by atoms with Gasteiger partial charge in [0.2, 0.25) is 0 Å². The second kappa shape index (κ2) is 5.98. The molecular formula is C14H19NO3. The summed E-state index contributed by atoms with van der Waals surface area (Å²) in [6, 6.07) is 7.55. The van der Waals surface area contributed by atoms with Gasteiger partial charge in [-0.3, -0.25) is 0 Å². The van der Waals surface area contributed by atoms with Crippen LogP contribution < -0.4 is 5.32 Å². The van der Waals surface area contributed by atoms with Gasteiger partial charge in [0, 0.05) is 19.2 Å². The van der Waals surface area contributed by atoms with Crippen LogP contribution in [0.2, 0.25) is 0 Å². The fourth-order valence-corrected chi connectivity index (χ4v) is 2.18. The van der Waals surface area contributed by atoms with E-state index in [2.05, 4.69) is 5.32 Å². The van der Waals surface area contributed by atoms with E-state index in [9.17, 15) is 4.79 Å². The van der Waals surface area contributed by atoms with E-state index >= 15 is 0 Å². The van der Waals surface area contributed by atoms with E-state index in [1.807, 2.05) is 13.0 Å². The lowest BCUT2D eigenvalue weighted by Crippen LogP contribution is -2.45. The SMILES string of the molecule is CCOC1CC(NCc2cccc(C(=O)O)c2)C1. The van der Waals surface area contributed by atoms with Gasteiger partial charge in [-0.1, -0.05) is 12.1 Å². The van der Waals surface area contributed by atoms with Crippen LogP contribution in [-0.2, 0) is 11.3 Å². The Morgan fingerprint density at radius 3 is 2.94 bits per heavy atom. The average Bonchev–Trinajstić information content (AvgIpc) is 2.32. The van der Waals surface area contributed by atoms with Gasteiger partial charge in [0.15, 0.2) is 0 Å². The van der Waals surface area contributed by atoms with Gasteiger partial charge in [0.1, 0.15) is 0 Å². The fourth-order valence-electron chi connectivity index (χ4n) is 2.18. The Balaban J connectivity index is 1.77. The van der Waals surface area contributed by atoms with Crippen molar-refractivity contribution in [2.45, 2.75) is 38.5 Å². The Morgan fingerprint density at radius 1 is 1.50 bits per heavy atom. The van der Waals surface area contributed by atoms with Crippen molar-refractivity contribution in [3.8, 4) is 0 Å². The van der Waals surface area contributed by atoms with Crippen molar-refractivity contribution in [2.75, 3.05) is 6.61 Å². The molecule has 4 heteroatoms. The first-order chi connectivity index (χ1) is 8.69. The highest BCUT2D eigenvalue weighted by atomic mass is 16.5. The van der Waals surface area contributed by atoms with Crippen molar-refractivity contribution < 1.29 is 14.6 Å². The third kappa shape index (κ3) is 3.31. The lowest BCUT2D eigenvalue weighted by molar-refractivity contribution is -0.0102. The van der Waals surface area contributed by atoms with Crippen molar-refractivity contribution in [3.63, 3.8) is 0 Å². The third-order valence-electron chi connectivity index (χ3n) is 3.27. The quantitative estimate of drug-likeness (QED) is 0.810. The highest BCUT2D eigenvalue weighted by Crippen LogP contribution is 2.23. The molecule has 1 aliphatic rings. The number of benzene rings is 1. The van der Waals surface area contributed by atoms with Crippen molar-refractivity contribution in [1.29, 1.82) is 0 Å². The number of rotatable bonds is 6. The number of hydrogen-bond acceptors (Lipinski definition) is 3. The maximum atomic E-state index is 10.8. The van der Waals surface area contributed by atoms with E-state index in [1.54, 1.807) is 18.2 Å². The Hall–Kier alpha value is -1.39. The summed E-state index contributed by atoms with van der Waals surface area (Å²) in [6.07, 6.45) is 2.50. The van der Waals surface area contributed by atoms with Crippen LogP contribution in [0.1, 0.15) is 35.7 Å². The molecule has 0 saturated heterocycles. The Kier molecular flexibility index (Phi) is 4.33. The first kappa shape index (κ1) is 13.1. The van der Waals surface area contributed by atoms with Crippen LogP contribution in [-0.4, -0.2) is 29.8 Å². The molecule has 18 heavy (non-hydrogen) atoms. The number of ether oxygens (including phenoxy) is 1. The van der Waals surface area contributed by atoms with Gasteiger partial charge in [0.25, 0.3) is 0 Å². The largest absolute Gasteiger partial charge is 0.478 e. The average molecular weight is 249 g/mol. The molecule has 1 fully saturated rings. The molecule has 0 bridgehead atoms. The van der Waals surface area contributed by atoms with E-state index in [0.717, 1.165) is 25.0 Å². The zero-order chi connectivity index (χ0) is 13.0. The first-order valence-electron chi connectivity index (χ1n) is 6.36. The molecule has 1 aromatic rings. The smallest absolute Gasteiger partial charge is 0.335 e. The number of hydrogen-bond donors (Lipinski definition) is 2. The fraction of sp³-hybridized carbons (Fsp3) is 0.500. The van der Waals surface area contributed by atoms with Crippen molar-refractivity contribution >= 4 is 5.97 Å². The van der Waals surface area contributed by atoms with E-state index in [1.165, 1.54) is 0 Å². The summed E-state index contributed by atoms with van der Waals surface area (Å²) in [6.45, 7) is 3.50. The normalized spacial score (nSPS) is 22.5. The molecule has 1 aliphatic carbocycles. The lowest BCUT2D eigenvalue weighted by Gasteiger charge is -2.35. The number of carbonyl (C=O) groups is 1. The summed E-state index contributed by atoms with van der Waals surface area (Å²) in [5, 5.41) is 12.3. The van der Waals surface area contributed by atoms with Crippen LogP contribution in [0.4, 0.5) is 0 Å². The van der Waals surface area contributed by atoms with Gasteiger partial charge in [-0.2, -0.15) is 0 Å². The van der Waals surface area contributed by atoms with Crippen molar-refractivity contribution in [1.82, 2.24) is 5.32 Å². The highest BCUT2D eigenvalue weighted by molar-refractivity contribution is 5.87. The molecule has 98 valence electrons. The molecule has 2 rings (SSSR count). The molecule has 0 aliphatic heterocycles.